The van der Waals surface area contributed by atoms with Gasteiger partial charge in [-0.25, -0.2) is 0 Å². The van der Waals surface area contributed by atoms with Crippen LogP contribution in [-0.4, -0.2) is 15.3 Å². The number of furan rings is 2. The Bertz CT molecular complexity index is 4770. The minimum absolute atomic E-state index is 0.425. The SMILES string of the molecule is N#Cc1cc(C=N)c(-n2c3ccc(N(c4ccccc4)c4ccccc4)cc3c3c4oc5ccccc5c4ccc32)cc1-n1c2ccc(N(c3ccccc3)c3ccccc3)cc2c2c3oc4ccccc4c3ccc21. The number of benzene rings is 11. The van der Waals surface area contributed by atoms with Crippen LogP contribution in [0.4, 0.5) is 34.1 Å². The van der Waals surface area contributed by atoms with Crippen LogP contribution in [0, 0.1) is 16.7 Å². The number of rotatable bonds is 9. The lowest BCUT2D eigenvalue weighted by atomic mass is 10.1. The van der Waals surface area contributed by atoms with Crippen molar-refractivity contribution in [2.24, 2.45) is 0 Å². The fourth-order valence-electron chi connectivity index (χ4n) is 11.7. The van der Waals surface area contributed by atoms with E-state index in [0.717, 1.165) is 127 Å². The highest BCUT2D eigenvalue weighted by molar-refractivity contribution is 6.26. The van der Waals surface area contributed by atoms with Gasteiger partial charge in [0, 0.05) is 78.2 Å². The Morgan fingerprint density at radius 3 is 1.18 bits per heavy atom. The van der Waals surface area contributed by atoms with E-state index in [-0.39, 0.29) is 0 Å². The molecule has 0 saturated heterocycles. The molecule has 0 atom stereocenters. The van der Waals surface area contributed by atoms with Gasteiger partial charge in [0.1, 0.15) is 28.4 Å². The quantitative estimate of drug-likeness (QED) is 0.146. The maximum absolute atomic E-state index is 11.3. The van der Waals surface area contributed by atoms with Crippen molar-refractivity contribution >= 4 is 128 Å². The van der Waals surface area contributed by atoms with Gasteiger partial charge >= 0.3 is 0 Å². The molecule has 0 aliphatic carbocycles. The molecule has 0 spiro atoms. The lowest BCUT2D eigenvalue weighted by molar-refractivity contribution is 0.672. The molecule has 4 aromatic heterocycles. The number of nitrogens with zero attached hydrogens (tertiary/aromatic N) is 5. The van der Waals surface area contributed by atoms with Crippen molar-refractivity contribution in [1.82, 2.24) is 9.13 Å². The van der Waals surface area contributed by atoms with Gasteiger partial charge in [0.2, 0.25) is 0 Å². The number of nitriles is 1. The zero-order valence-corrected chi connectivity index (χ0v) is 40.7. The first-order valence-electron chi connectivity index (χ1n) is 25.3. The number of anilines is 6. The number of aromatic nitrogens is 2. The summed E-state index contributed by atoms with van der Waals surface area (Å²) in [5.74, 6) is 0. The standard InChI is InChI=1S/C68H42N6O2/c69-41-43-37-44(42-70)62(74-58-34-30-50(72(47-21-9-3-10-22-47)48-23-11-4-12-24-48)39-56(58)66-60(74)36-32-54-52-26-14-16-28-64(52)76-68(54)66)40-61(43)73-57-33-29-49(71(45-17-5-1-6-18-45)46-19-7-2-8-20-46)38-55(57)65-59(73)35-31-53-51-25-13-15-27-63(51)75-67(53)65/h1-41,69H. The Hall–Kier alpha value is -10.6. The maximum Gasteiger partial charge on any atom is 0.145 e. The molecule has 0 unspecified atom stereocenters. The minimum atomic E-state index is 0.425. The topological polar surface area (TPSA) is 90.3 Å². The number of para-hydroxylation sites is 6. The first kappa shape index (κ1) is 43.0. The van der Waals surface area contributed by atoms with E-state index >= 15 is 0 Å². The van der Waals surface area contributed by atoms with Crippen LogP contribution in [-0.2, 0) is 0 Å². The van der Waals surface area contributed by atoms with E-state index in [1.807, 2.05) is 66.7 Å². The second-order valence-electron chi connectivity index (χ2n) is 19.1. The highest BCUT2D eigenvalue weighted by Crippen LogP contribution is 2.47. The lowest BCUT2D eigenvalue weighted by Gasteiger charge is -2.25. The van der Waals surface area contributed by atoms with Crippen molar-refractivity contribution in [3.8, 4) is 17.4 Å². The Kier molecular flexibility index (Phi) is 9.61. The monoisotopic (exact) mass is 974 g/mol. The van der Waals surface area contributed by atoms with Crippen LogP contribution in [0.2, 0.25) is 0 Å². The smallest absolute Gasteiger partial charge is 0.145 e. The summed E-state index contributed by atoms with van der Waals surface area (Å²) < 4.78 is 18.2. The van der Waals surface area contributed by atoms with Crippen LogP contribution in [0.1, 0.15) is 11.1 Å². The molecular weight excluding hydrogens is 933 g/mol. The van der Waals surface area contributed by atoms with E-state index in [0.29, 0.717) is 16.8 Å². The molecule has 15 aromatic rings. The Balaban J connectivity index is 1.02. The van der Waals surface area contributed by atoms with E-state index in [1.54, 1.807) is 0 Å². The van der Waals surface area contributed by atoms with E-state index < -0.39 is 0 Å². The van der Waals surface area contributed by atoms with Crippen LogP contribution < -0.4 is 9.80 Å². The van der Waals surface area contributed by atoms with Crippen LogP contribution >= 0.6 is 0 Å². The van der Waals surface area contributed by atoms with Crippen molar-refractivity contribution in [3.63, 3.8) is 0 Å². The summed E-state index contributed by atoms with van der Waals surface area (Å²) in [4.78, 5) is 4.54. The summed E-state index contributed by atoms with van der Waals surface area (Å²) in [7, 11) is 0. The third-order valence-electron chi connectivity index (χ3n) is 15.0. The summed E-state index contributed by atoms with van der Waals surface area (Å²) in [5, 5.41) is 28.2. The molecule has 0 fully saturated rings. The number of hydrogen-bond donors (Lipinski definition) is 1. The van der Waals surface area contributed by atoms with Gasteiger partial charge in [-0.15, -0.1) is 0 Å². The third kappa shape index (κ3) is 6.46. The van der Waals surface area contributed by atoms with E-state index in [1.165, 1.54) is 6.21 Å². The Morgan fingerprint density at radius 2 is 0.763 bits per heavy atom. The molecule has 8 nitrogen and oxygen atoms in total. The molecular formula is C68H42N6O2. The summed E-state index contributed by atoms with van der Waals surface area (Å²) in [5.41, 5.74) is 15.2. The van der Waals surface area contributed by atoms with Crippen molar-refractivity contribution in [2.75, 3.05) is 9.80 Å². The van der Waals surface area contributed by atoms with E-state index in [9.17, 15) is 5.26 Å². The Morgan fingerprint density at radius 1 is 0.368 bits per heavy atom. The molecule has 0 amide bonds. The second-order valence-corrected chi connectivity index (χ2v) is 19.1. The molecule has 0 radical (unpaired) electrons. The summed E-state index contributed by atoms with van der Waals surface area (Å²) >= 11 is 0. The molecule has 15 rings (SSSR count). The lowest BCUT2D eigenvalue weighted by Crippen LogP contribution is -2.09. The maximum atomic E-state index is 11.3. The first-order chi connectivity index (χ1) is 37.6. The zero-order chi connectivity index (χ0) is 50.4. The highest BCUT2D eigenvalue weighted by Gasteiger charge is 2.26. The van der Waals surface area contributed by atoms with Gasteiger partial charge in [-0.1, -0.05) is 109 Å². The summed E-state index contributed by atoms with van der Waals surface area (Å²) in [6.07, 6.45) is 1.36. The van der Waals surface area contributed by atoms with Gasteiger partial charge in [0.15, 0.2) is 0 Å². The van der Waals surface area contributed by atoms with Crippen molar-refractivity contribution in [1.29, 1.82) is 10.7 Å². The van der Waals surface area contributed by atoms with Crippen LogP contribution in [0.15, 0.2) is 251 Å². The van der Waals surface area contributed by atoms with Crippen molar-refractivity contribution < 1.29 is 8.83 Å². The molecule has 8 heteroatoms. The molecule has 356 valence electrons. The van der Waals surface area contributed by atoms with Crippen LogP contribution in [0.5, 0.6) is 0 Å². The van der Waals surface area contributed by atoms with Crippen LogP contribution in [0.25, 0.3) is 98.9 Å². The fourth-order valence-corrected chi connectivity index (χ4v) is 11.7. The Labute approximate surface area is 435 Å². The fraction of sp³-hybridized carbons (Fsp3) is 0. The third-order valence-corrected chi connectivity index (χ3v) is 15.0. The summed E-state index contributed by atoms with van der Waals surface area (Å²) in [6.45, 7) is 0. The average molecular weight is 975 g/mol. The molecule has 0 aliphatic heterocycles. The van der Waals surface area contributed by atoms with Gasteiger partial charge in [-0.3, -0.25) is 0 Å². The first-order valence-corrected chi connectivity index (χ1v) is 25.3. The van der Waals surface area contributed by atoms with Crippen molar-refractivity contribution in [2.45, 2.75) is 0 Å². The predicted molar refractivity (Wildman–Crippen MR) is 312 cm³/mol. The number of hydrogen-bond acceptors (Lipinski definition) is 6. The molecule has 11 aromatic carbocycles. The van der Waals surface area contributed by atoms with Crippen molar-refractivity contribution in [3.05, 3.63) is 254 Å². The van der Waals surface area contributed by atoms with E-state index in [4.69, 9.17) is 14.2 Å². The van der Waals surface area contributed by atoms with Gasteiger partial charge < -0.3 is 33.2 Å². The minimum Gasteiger partial charge on any atom is -0.455 e. The molecule has 4 heterocycles. The summed E-state index contributed by atoms with van der Waals surface area (Å²) in [6, 6.07) is 86.3. The molecule has 76 heavy (non-hydrogen) atoms. The van der Waals surface area contributed by atoms with Gasteiger partial charge in [-0.2, -0.15) is 5.26 Å². The molecule has 0 aliphatic rings. The predicted octanol–water partition coefficient (Wildman–Crippen LogP) is 18.5. The zero-order valence-electron chi connectivity index (χ0n) is 40.7. The molecule has 0 saturated carbocycles. The number of fused-ring (bicyclic) bond motifs is 14. The van der Waals surface area contributed by atoms with Crippen LogP contribution in [0.3, 0.4) is 0 Å². The number of nitrogens with one attached hydrogen (secondary N) is 1. The van der Waals surface area contributed by atoms with Gasteiger partial charge in [0.05, 0.1) is 49.8 Å². The largest absolute Gasteiger partial charge is 0.455 e. The van der Waals surface area contributed by atoms with E-state index in [2.05, 4.69) is 201 Å². The van der Waals surface area contributed by atoms with Gasteiger partial charge in [-0.05, 0) is 133 Å². The normalized spacial score (nSPS) is 11.7. The van der Waals surface area contributed by atoms with Gasteiger partial charge in [0.25, 0.3) is 0 Å². The second kappa shape index (κ2) is 17.0. The molecule has 0 bridgehead atoms. The molecule has 1 N–H and O–H groups in total. The highest BCUT2D eigenvalue weighted by atomic mass is 16.3. The average Bonchev–Trinajstić information content (AvgIpc) is 4.30.